The first kappa shape index (κ1) is 14.1. The Kier molecular flexibility index (Phi) is 5.25. The lowest BCUT2D eigenvalue weighted by Crippen LogP contribution is -2.40. The Morgan fingerprint density at radius 1 is 1.50 bits per heavy atom. The highest BCUT2D eigenvalue weighted by Gasteiger charge is 2.18. The maximum atomic E-state index is 11.7. The van der Waals surface area contributed by atoms with E-state index in [9.17, 15) is 9.59 Å². The number of aromatic nitrogens is 3. The quantitative estimate of drug-likeness (QED) is 0.651. The number of carbonyl (C=O) groups excluding carboxylic acids is 2. The minimum atomic E-state index is -0.592. The number of amides is 3. The molecule has 0 aliphatic carbocycles. The van der Waals surface area contributed by atoms with Crippen LogP contribution in [0.1, 0.15) is 25.6 Å². The topological polar surface area (TPSA) is 101 Å². The van der Waals surface area contributed by atoms with Crippen molar-refractivity contribution in [2.45, 2.75) is 26.4 Å². The number of rotatable bonds is 5. The van der Waals surface area contributed by atoms with Gasteiger partial charge in [-0.15, -0.1) is 5.10 Å². The van der Waals surface area contributed by atoms with Gasteiger partial charge in [-0.05, 0) is 13.5 Å². The van der Waals surface area contributed by atoms with Crippen molar-refractivity contribution in [3.05, 3.63) is 11.9 Å². The van der Waals surface area contributed by atoms with Crippen molar-refractivity contribution in [2.75, 3.05) is 13.6 Å². The first-order valence-electron chi connectivity index (χ1n) is 5.72. The van der Waals surface area contributed by atoms with Crippen molar-refractivity contribution < 1.29 is 9.59 Å². The largest absolute Gasteiger partial charge is 0.341 e. The van der Waals surface area contributed by atoms with Crippen LogP contribution in [0.3, 0.4) is 0 Å². The molecule has 0 bridgehead atoms. The molecule has 0 fully saturated rings. The van der Waals surface area contributed by atoms with Gasteiger partial charge < -0.3 is 10.6 Å². The second-order valence-corrected chi connectivity index (χ2v) is 3.71. The highest BCUT2D eigenvalue weighted by molar-refractivity contribution is 5.95. The van der Waals surface area contributed by atoms with E-state index in [4.69, 9.17) is 0 Å². The van der Waals surface area contributed by atoms with Crippen LogP contribution in [0.15, 0.2) is 6.20 Å². The monoisotopic (exact) mass is 254 g/mol. The fourth-order valence-corrected chi connectivity index (χ4v) is 1.24. The molecule has 8 heteroatoms. The molecule has 8 nitrogen and oxygen atoms in total. The Hall–Kier alpha value is -1.96. The number of imide groups is 1. The van der Waals surface area contributed by atoms with Crippen LogP contribution in [0.2, 0.25) is 0 Å². The maximum absolute atomic E-state index is 11.7. The van der Waals surface area contributed by atoms with E-state index in [1.54, 1.807) is 13.1 Å². The van der Waals surface area contributed by atoms with Gasteiger partial charge in [-0.2, -0.15) is 0 Å². The minimum Gasteiger partial charge on any atom is -0.341 e. The van der Waals surface area contributed by atoms with Gasteiger partial charge in [0.25, 0.3) is 5.91 Å². The van der Waals surface area contributed by atoms with Crippen LogP contribution >= 0.6 is 0 Å². The predicted molar refractivity (Wildman–Crippen MR) is 64.7 cm³/mol. The SMILES string of the molecule is CCNCc1cn(C(C)C(=O)NC(=O)NC)nn1. The highest BCUT2D eigenvalue weighted by atomic mass is 16.2. The van der Waals surface area contributed by atoms with Crippen molar-refractivity contribution >= 4 is 11.9 Å². The first-order chi connectivity index (χ1) is 8.58. The van der Waals surface area contributed by atoms with E-state index < -0.39 is 18.0 Å². The molecule has 3 N–H and O–H groups in total. The second-order valence-electron chi connectivity index (χ2n) is 3.71. The molecule has 0 saturated carbocycles. The first-order valence-corrected chi connectivity index (χ1v) is 5.72. The summed E-state index contributed by atoms with van der Waals surface area (Å²) in [4.78, 5) is 22.7. The Morgan fingerprint density at radius 3 is 2.83 bits per heavy atom. The standard InChI is InChI=1S/C10H18N6O2/c1-4-12-5-8-6-16(15-14-8)7(2)9(17)13-10(18)11-3/h6-7,12H,4-5H2,1-3H3,(H2,11,13,17,18). The Balaban J connectivity index is 2.60. The van der Waals surface area contributed by atoms with E-state index in [2.05, 4.69) is 26.3 Å². The van der Waals surface area contributed by atoms with Gasteiger partial charge in [0, 0.05) is 13.6 Å². The van der Waals surface area contributed by atoms with Gasteiger partial charge in [-0.25, -0.2) is 9.48 Å². The van der Waals surface area contributed by atoms with Crippen LogP contribution in [0.5, 0.6) is 0 Å². The zero-order valence-corrected chi connectivity index (χ0v) is 10.7. The van der Waals surface area contributed by atoms with E-state index in [1.807, 2.05) is 6.92 Å². The van der Waals surface area contributed by atoms with Crippen LogP contribution in [-0.4, -0.2) is 40.5 Å². The van der Waals surface area contributed by atoms with E-state index in [-0.39, 0.29) is 0 Å². The molecular formula is C10H18N6O2. The van der Waals surface area contributed by atoms with E-state index in [0.29, 0.717) is 6.54 Å². The van der Waals surface area contributed by atoms with Crippen molar-refractivity contribution in [3.63, 3.8) is 0 Å². The summed E-state index contributed by atoms with van der Waals surface area (Å²) in [6.45, 7) is 5.06. The van der Waals surface area contributed by atoms with E-state index in [0.717, 1.165) is 12.2 Å². The minimum absolute atomic E-state index is 0.436. The molecule has 0 radical (unpaired) electrons. The molecule has 3 amide bonds. The average molecular weight is 254 g/mol. The molecular weight excluding hydrogens is 236 g/mol. The molecule has 0 aliphatic rings. The van der Waals surface area contributed by atoms with Crippen LogP contribution in [0.25, 0.3) is 0 Å². The van der Waals surface area contributed by atoms with Gasteiger partial charge >= 0.3 is 6.03 Å². The summed E-state index contributed by atoms with van der Waals surface area (Å²) in [5, 5.41) is 15.4. The fraction of sp³-hybridized carbons (Fsp3) is 0.600. The predicted octanol–water partition coefficient (Wildman–Crippen LogP) is -0.596. The third-order valence-corrected chi connectivity index (χ3v) is 2.35. The lowest BCUT2D eigenvalue weighted by molar-refractivity contribution is -0.123. The number of hydrogen-bond acceptors (Lipinski definition) is 5. The van der Waals surface area contributed by atoms with Crippen LogP contribution in [-0.2, 0) is 11.3 Å². The van der Waals surface area contributed by atoms with Crippen molar-refractivity contribution in [1.82, 2.24) is 30.9 Å². The molecule has 0 aliphatic heterocycles. The highest BCUT2D eigenvalue weighted by Crippen LogP contribution is 2.04. The van der Waals surface area contributed by atoms with Crippen LogP contribution in [0.4, 0.5) is 4.79 Å². The summed E-state index contributed by atoms with van der Waals surface area (Å²) in [6, 6.07) is -1.13. The number of nitrogens with one attached hydrogen (secondary N) is 3. The average Bonchev–Trinajstić information content (AvgIpc) is 2.83. The molecule has 1 aromatic rings. The zero-order chi connectivity index (χ0) is 13.5. The van der Waals surface area contributed by atoms with Gasteiger partial charge in [0.15, 0.2) is 0 Å². The molecule has 0 saturated heterocycles. The van der Waals surface area contributed by atoms with Crippen molar-refractivity contribution in [3.8, 4) is 0 Å². The van der Waals surface area contributed by atoms with Crippen LogP contribution in [0, 0.1) is 0 Å². The third kappa shape index (κ3) is 3.81. The van der Waals surface area contributed by atoms with Gasteiger partial charge in [-0.1, -0.05) is 12.1 Å². The van der Waals surface area contributed by atoms with Crippen molar-refractivity contribution in [1.29, 1.82) is 0 Å². The van der Waals surface area contributed by atoms with Crippen LogP contribution < -0.4 is 16.0 Å². The smallest absolute Gasteiger partial charge is 0.321 e. The zero-order valence-electron chi connectivity index (χ0n) is 10.7. The molecule has 100 valence electrons. The molecule has 1 aromatic heterocycles. The summed E-state index contributed by atoms with van der Waals surface area (Å²) < 4.78 is 1.42. The summed E-state index contributed by atoms with van der Waals surface area (Å²) in [5.41, 5.74) is 0.747. The molecule has 0 spiro atoms. The third-order valence-electron chi connectivity index (χ3n) is 2.35. The second kappa shape index (κ2) is 6.70. The molecule has 1 atom stereocenters. The number of urea groups is 1. The number of carbonyl (C=O) groups is 2. The van der Waals surface area contributed by atoms with Gasteiger partial charge in [0.2, 0.25) is 0 Å². The summed E-state index contributed by atoms with van der Waals surface area (Å²) >= 11 is 0. The van der Waals surface area contributed by atoms with Gasteiger partial charge in [0.1, 0.15) is 6.04 Å². The lowest BCUT2D eigenvalue weighted by atomic mass is 10.3. The molecule has 1 unspecified atom stereocenters. The summed E-state index contributed by atoms with van der Waals surface area (Å²) in [6.07, 6.45) is 1.68. The summed E-state index contributed by atoms with van der Waals surface area (Å²) in [5.74, 6) is -0.436. The van der Waals surface area contributed by atoms with Gasteiger partial charge in [-0.3, -0.25) is 10.1 Å². The Labute approximate surface area is 105 Å². The normalized spacial score (nSPS) is 11.9. The lowest BCUT2D eigenvalue weighted by Gasteiger charge is -2.10. The molecule has 1 rings (SSSR count). The Bertz CT molecular complexity index is 416. The van der Waals surface area contributed by atoms with E-state index >= 15 is 0 Å². The van der Waals surface area contributed by atoms with Gasteiger partial charge in [0.05, 0.1) is 11.9 Å². The number of hydrogen-bond donors (Lipinski definition) is 3. The number of nitrogens with zero attached hydrogens (tertiary/aromatic N) is 3. The fourth-order valence-electron chi connectivity index (χ4n) is 1.24. The molecule has 1 heterocycles. The maximum Gasteiger partial charge on any atom is 0.321 e. The Morgan fingerprint density at radius 2 is 2.22 bits per heavy atom. The molecule has 18 heavy (non-hydrogen) atoms. The summed E-state index contributed by atoms with van der Waals surface area (Å²) in [7, 11) is 1.44. The molecule has 0 aromatic carbocycles. The van der Waals surface area contributed by atoms with Crippen molar-refractivity contribution in [2.24, 2.45) is 0 Å². The van der Waals surface area contributed by atoms with E-state index in [1.165, 1.54) is 11.7 Å².